The van der Waals surface area contributed by atoms with Gasteiger partial charge in [-0.25, -0.2) is 0 Å². The Morgan fingerprint density at radius 1 is 1.08 bits per heavy atom. The van der Waals surface area contributed by atoms with Crippen LogP contribution in [0, 0.1) is 5.92 Å². The first kappa shape index (κ1) is 18.1. The van der Waals surface area contributed by atoms with Gasteiger partial charge in [-0.1, -0.05) is 37.6 Å². The zero-order chi connectivity index (χ0) is 17.4. The molecule has 1 N–H and O–H groups in total. The van der Waals surface area contributed by atoms with E-state index in [1.165, 1.54) is 0 Å². The minimum Gasteiger partial charge on any atom is -0.493 e. The van der Waals surface area contributed by atoms with Gasteiger partial charge in [0.05, 0.1) is 6.61 Å². The average molecular weight is 348 g/mol. The van der Waals surface area contributed by atoms with Crippen LogP contribution in [-0.2, 0) is 4.79 Å². The van der Waals surface area contributed by atoms with Crippen molar-refractivity contribution in [2.24, 2.45) is 5.92 Å². The second-order valence-electron chi connectivity index (χ2n) is 5.85. The highest BCUT2D eigenvalue weighted by Crippen LogP contribution is 2.20. The molecule has 2 rings (SSSR count). The number of rotatable bonds is 8. The van der Waals surface area contributed by atoms with E-state index in [2.05, 4.69) is 19.2 Å². The molecule has 0 fully saturated rings. The van der Waals surface area contributed by atoms with Gasteiger partial charge < -0.3 is 14.8 Å². The Morgan fingerprint density at radius 2 is 1.79 bits per heavy atom. The molecule has 0 aliphatic rings. The third kappa shape index (κ3) is 6.50. The van der Waals surface area contributed by atoms with Crippen molar-refractivity contribution in [3.05, 3.63) is 53.6 Å². The minimum atomic E-state index is -0.247. The van der Waals surface area contributed by atoms with Gasteiger partial charge in [0.25, 0.3) is 5.91 Å². The molecule has 4 nitrogen and oxygen atoms in total. The molecule has 5 heteroatoms. The number of amides is 1. The van der Waals surface area contributed by atoms with Crippen LogP contribution in [0.15, 0.2) is 48.5 Å². The summed E-state index contributed by atoms with van der Waals surface area (Å²) in [7, 11) is 0. The van der Waals surface area contributed by atoms with E-state index in [1.54, 1.807) is 36.4 Å². The van der Waals surface area contributed by atoms with E-state index in [4.69, 9.17) is 21.1 Å². The summed E-state index contributed by atoms with van der Waals surface area (Å²) in [4.78, 5) is 11.9. The van der Waals surface area contributed by atoms with Crippen LogP contribution >= 0.6 is 11.6 Å². The van der Waals surface area contributed by atoms with Crippen LogP contribution in [0.25, 0.3) is 0 Å². The molecule has 24 heavy (non-hydrogen) atoms. The van der Waals surface area contributed by atoms with Crippen LogP contribution in [0.5, 0.6) is 11.5 Å². The summed E-state index contributed by atoms with van der Waals surface area (Å²) < 4.78 is 11.2. The van der Waals surface area contributed by atoms with Gasteiger partial charge in [0, 0.05) is 16.8 Å². The lowest BCUT2D eigenvalue weighted by Gasteiger charge is -2.11. The Bertz CT molecular complexity index is 673. The maximum atomic E-state index is 11.9. The molecular formula is C19H22ClNO3. The quantitative estimate of drug-likeness (QED) is 0.747. The van der Waals surface area contributed by atoms with Crippen LogP contribution in [0.1, 0.15) is 20.3 Å². The first-order valence-electron chi connectivity index (χ1n) is 7.94. The van der Waals surface area contributed by atoms with Gasteiger partial charge in [-0.05, 0) is 42.7 Å². The third-order valence-electron chi connectivity index (χ3n) is 3.25. The van der Waals surface area contributed by atoms with Gasteiger partial charge in [-0.15, -0.1) is 0 Å². The highest BCUT2D eigenvalue weighted by Gasteiger charge is 2.05. The maximum absolute atomic E-state index is 11.9. The van der Waals surface area contributed by atoms with Crippen LogP contribution in [-0.4, -0.2) is 19.1 Å². The topological polar surface area (TPSA) is 47.6 Å². The Balaban J connectivity index is 1.81. The minimum absolute atomic E-state index is 0.0814. The van der Waals surface area contributed by atoms with Crippen molar-refractivity contribution in [1.29, 1.82) is 0 Å². The Hall–Kier alpha value is -2.20. The van der Waals surface area contributed by atoms with Crippen molar-refractivity contribution in [2.45, 2.75) is 20.3 Å². The zero-order valence-electron chi connectivity index (χ0n) is 13.9. The monoisotopic (exact) mass is 347 g/mol. The van der Waals surface area contributed by atoms with E-state index in [-0.39, 0.29) is 12.5 Å². The largest absolute Gasteiger partial charge is 0.493 e. The molecular weight excluding hydrogens is 326 g/mol. The smallest absolute Gasteiger partial charge is 0.262 e. The third-order valence-corrected chi connectivity index (χ3v) is 3.48. The number of ether oxygens (including phenoxy) is 2. The van der Waals surface area contributed by atoms with Crippen molar-refractivity contribution in [2.75, 3.05) is 18.5 Å². The van der Waals surface area contributed by atoms with Crippen LogP contribution < -0.4 is 14.8 Å². The Labute approximate surface area is 147 Å². The fourth-order valence-electron chi connectivity index (χ4n) is 1.98. The van der Waals surface area contributed by atoms with Gasteiger partial charge >= 0.3 is 0 Å². The summed E-state index contributed by atoms with van der Waals surface area (Å²) in [5.74, 6) is 1.68. The second kappa shape index (κ2) is 9.18. The molecule has 0 unspecified atom stereocenters. The number of nitrogens with one attached hydrogen (secondary N) is 1. The number of benzene rings is 2. The molecule has 0 aromatic heterocycles. The Morgan fingerprint density at radius 3 is 2.50 bits per heavy atom. The molecule has 0 aliphatic heterocycles. The predicted molar refractivity (Wildman–Crippen MR) is 97.0 cm³/mol. The molecule has 0 heterocycles. The van der Waals surface area contributed by atoms with E-state index < -0.39 is 0 Å². The van der Waals surface area contributed by atoms with E-state index in [1.807, 2.05) is 12.1 Å². The molecule has 0 radical (unpaired) electrons. The van der Waals surface area contributed by atoms with Gasteiger partial charge in [0.2, 0.25) is 0 Å². The molecule has 1 amide bonds. The second-order valence-corrected chi connectivity index (χ2v) is 6.29. The summed E-state index contributed by atoms with van der Waals surface area (Å²) >= 11 is 5.88. The molecule has 0 aliphatic carbocycles. The summed E-state index contributed by atoms with van der Waals surface area (Å²) in [6, 6.07) is 14.3. The highest BCUT2D eigenvalue weighted by atomic mass is 35.5. The number of anilines is 1. The lowest BCUT2D eigenvalue weighted by Crippen LogP contribution is -2.20. The number of hydrogen-bond acceptors (Lipinski definition) is 3. The fourth-order valence-corrected chi connectivity index (χ4v) is 2.17. The van der Waals surface area contributed by atoms with E-state index in [0.717, 1.165) is 12.2 Å². The highest BCUT2D eigenvalue weighted by molar-refractivity contribution is 6.30. The van der Waals surface area contributed by atoms with Gasteiger partial charge in [-0.2, -0.15) is 0 Å². The normalized spacial score (nSPS) is 10.5. The summed E-state index contributed by atoms with van der Waals surface area (Å²) in [6.45, 7) is 4.89. The van der Waals surface area contributed by atoms with Crippen molar-refractivity contribution in [1.82, 2.24) is 0 Å². The number of halogens is 1. The number of carbonyl (C=O) groups is 1. The standard InChI is InChI=1S/C19H22ClNO3/c1-14(2)9-10-23-17-7-4-8-18(12-17)24-13-19(22)21-16-6-3-5-15(20)11-16/h3-8,11-12,14H,9-10,13H2,1-2H3,(H,21,22). The van der Waals surface area contributed by atoms with Crippen molar-refractivity contribution in [3.63, 3.8) is 0 Å². The fraction of sp³-hybridized carbons (Fsp3) is 0.316. The van der Waals surface area contributed by atoms with Crippen molar-refractivity contribution in [3.8, 4) is 11.5 Å². The van der Waals surface area contributed by atoms with Crippen LogP contribution in [0.3, 0.4) is 0 Å². The Kier molecular flexibility index (Phi) is 6.94. The number of hydrogen-bond donors (Lipinski definition) is 1. The first-order chi connectivity index (χ1) is 11.5. The lowest BCUT2D eigenvalue weighted by atomic mass is 10.1. The van der Waals surface area contributed by atoms with Crippen molar-refractivity contribution < 1.29 is 14.3 Å². The van der Waals surface area contributed by atoms with Crippen molar-refractivity contribution >= 4 is 23.2 Å². The summed E-state index contributed by atoms with van der Waals surface area (Å²) in [5.41, 5.74) is 0.641. The van der Waals surface area contributed by atoms with E-state index in [9.17, 15) is 4.79 Å². The molecule has 0 saturated heterocycles. The van der Waals surface area contributed by atoms with E-state index >= 15 is 0 Å². The molecule has 0 bridgehead atoms. The van der Waals surface area contributed by atoms with E-state index in [0.29, 0.717) is 29.0 Å². The summed E-state index contributed by atoms with van der Waals surface area (Å²) in [5, 5.41) is 3.30. The molecule has 0 saturated carbocycles. The molecule has 0 spiro atoms. The lowest BCUT2D eigenvalue weighted by molar-refractivity contribution is -0.118. The van der Waals surface area contributed by atoms with Gasteiger partial charge in [0.15, 0.2) is 6.61 Å². The molecule has 2 aromatic rings. The molecule has 0 atom stereocenters. The first-order valence-corrected chi connectivity index (χ1v) is 8.32. The number of carbonyl (C=O) groups excluding carboxylic acids is 1. The predicted octanol–water partition coefficient (Wildman–Crippen LogP) is 4.78. The molecule has 128 valence electrons. The maximum Gasteiger partial charge on any atom is 0.262 e. The van der Waals surface area contributed by atoms with Gasteiger partial charge in [0.1, 0.15) is 11.5 Å². The SMILES string of the molecule is CC(C)CCOc1cccc(OCC(=O)Nc2cccc(Cl)c2)c1. The zero-order valence-corrected chi connectivity index (χ0v) is 14.7. The molecule has 2 aromatic carbocycles. The van der Waals surface area contributed by atoms with Crippen LogP contribution in [0.2, 0.25) is 5.02 Å². The summed E-state index contributed by atoms with van der Waals surface area (Å²) in [6.07, 6.45) is 0.993. The average Bonchev–Trinajstić information content (AvgIpc) is 2.53. The van der Waals surface area contributed by atoms with Crippen LogP contribution in [0.4, 0.5) is 5.69 Å². The van der Waals surface area contributed by atoms with Gasteiger partial charge in [-0.3, -0.25) is 4.79 Å².